The van der Waals surface area contributed by atoms with E-state index in [1.807, 2.05) is 54.3 Å². The van der Waals surface area contributed by atoms with Crippen LogP contribution in [0.15, 0.2) is 67.0 Å². The van der Waals surface area contributed by atoms with Gasteiger partial charge in [0.25, 0.3) is 0 Å². The quantitative estimate of drug-likeness (QED) is 0.717. The number of imidazole rings is 1. The number of benzene rings is 2. The van der Waals surface area contributed by atoms with E-state index in [2.05, 4.69) is 41.2 Å². The van der Waals surface area contributed by atoms with Crippen LogP contribution in [-0.2, 0) is 13.6 Å². The molecule has 0 spiro atoms. The van der Waals surface area contributed by atoms with Gasteiger partial charge in [0.2, 0.25) is 0 Å². The SMILES string of the molecule is CN(CCC(O)c1ccccc1)Cc1cccc(-c2nccn2C)c1. The third kappa shape index (κ3) is 4.56. The molecule has 130 valence electrons. The first kappa shape index (κ1) is 17.4. The zero-order valence-corrected chi connectivity index (χ0v) is 14.8. The van der Waals surface area contributed by atoms with Crippen LogP contribution in [0.2, 0.25) is 0 Å². The van der Waals surface area contributed by atoms with E-state index in [1.54, 1.807) is 0 Å². The Labute approximate surface area is 149 Å². The van der Waals surface area contributed by atoms with Crippen molar-refractivity contribution in [2.45, 2.75) is 19.1 Å². The fourth-order valence-electron chi connectivity index (χ4n) is 3.03. The summed E-state index contributed by atoms with van der Waals surface area (Å²) in [5.41, 5.74) is 3.35. The Hall–Kier alpha value is -2.43. The lowest BCUT2D eigenvalue weighted by atomic mass is 10.1. The Balaban J connectivity index is 1.58. The molecule has 0 fully saturated rings. The van der Waals surface area contributed by atoms with Gasteiger partial charge >= 0.3 is 0 Å². The van der Waals surface area contributed by atoms with Crippen LogP contribution in [0.3, 0.4) is 0 Å². The van der Waals surface area contributed by atoms with Crippen molar-refractivity contribution in [2.24, 2.45) is 7.05 Å². The first-order valence-corrected chi connectivity index (χ1v) is 8.61. The van der Waals surface area contributed by atoms with Gasteiger partial charge in [-0.25, -0.2) is 4.98 Å². The second-order valence-electron chi connectivity index (χ2n) is 6.52. The summed E-state index contributed by atoms with van der Waals surface area (Å²) in [7, 11) is 4.09. The fourth-order valence-corrected chi connectivity index (χ4v) is 3.03. The van der Waals surface area contributed by atoms with Gasteiger partial charge < -0.3 is 14.6 Å². The van der Waals surface area contributed by atoms with Gasteiger partial charge in [-0.2, -0.15) is 0 Å². The van der Waals surface area contributed by atoms with E-state index in [0.29, 0.717) is 0 Å². The van der Waals surface area contributed by atoms with Crippen LogP contribution in [-0.4, -0.2) is 33.1 Å². The first-order chi connectivity index (χ1) is 12.1. The molecule has 0 amide bonds. The molecule has 3 aromatic rings. The van der Waals surface area contributed by atoms with Crippen molar-refractivity contribution in [1.82, 2.24) is 14.5 Å². The van der Waals surface area contributed by atoms with Crippen molar-refractivity contribution in [3.63, 3.8) is 0 Å². The van der Waals surface area contributed by atoms with Crippen LogP contribution < -0.4 is 0 Å². The molecule has 2 aromatic carbocycles. The lowest BCUT2D eigenvalue weighted by Crippen LogP contribution is -2.21. The first-order valence-electron chi connectivity index (χ1n) is 8.61. The smallest absolute Gasteiger partial charge is 0.139 e. The highest BCUT2D eigenvalue weighted by Gasteiger charge is 2.10. The highest BCUT2D eigenvalue weighted by Crippen LogP contribution is 2.20. The molecular formula is C21H25N3O. The van der Waals surface area contributed by atoms with Crippen LogP contribution in [0.4, 0.5) is 0 Å². The molecule has 0 radical (unpaired) electrons. The normalized spacial score (nSPS) is 12.5. The van der Waals surface area contributed by atoms with Gasteiger partial charge in [0.15, 0.2) is 0 Å². The van der Waals surface area contributed by atoms with Crippen molar-refractivity contribution in [2.75, 3.05) is 13.6 Å². The number of aromatic nitrogens is 2. The Bertz CT molecular complexity index is 798. The van der Waals surface area contributed by atoms with Crippen molar-refractivity contribution >= 4 is 0 Å². The van der Waals surface area contributed by atoms with Gasteiger partial charge in [0, 0.05) is 38.1 Å². The van der Waals surface area contributed by atoms with Gasteiger partial charge in [-0.3, -0.25) is 0 Å². The van der Waals surface area contributed by atoms with E-state index in [-0.39, 0.29) is 0 Å². The molecule has 0 bridgehead atoms. The Morgan fingerprint density at radius 1 is 1.12 bits per heavy atom. The Morgan fingerprint density at radius 3 is 2.64 bits per heavy atom. The second kappa shape index (κ2) is 8.10. The summed E-state index contributed by atoms with van der Waals surface area (Å²) >= 11 is 0. The average molecular weight is 335 g/mol. The monoisotopic (exact) mass is 335 g/mol. The molecule has 0 saturated carbocycles. The summed E-state index contributed by atoms with van der Waals surface area (Å²) in [5.74, 6) is 0.976. The maximum atomic E-state index is 10.3. The molecule has 3 rings (SSSR count). The lowest BCUT2D eigenvalue weighted by Gasteiger charge is -2.19. The minimum absolute atomic E-state index is 0.414. The molecule has 1 aromatic heterocycles. The van der Waals surface area contributed by atoms with Crippen molar-refractivity contribution < 1.29 is 5.11 Å². The van der Waals surface area contributed by atoms with Crippen LogP contribution >= 0.6 is 0 Å². The minimum atomic E-state index is -0.414. The van der Waals surface area contributed by atoms with E-state index in [4.69, 9.17) is 0 Å². The molecule has 0 aliphatic heterocycles. The third-order valence-electron chi connectivity index (χ3n) is 4.43. The molecule has 25 heavy (non-hydrogen) atoms. The van der Waals surface area contributed by atoms with Gasteiger partial charge in [0.05, 0.1) is 6.10 Å². The van der Waals surface area contributed by atoms with E-state index in [1.165, 1.54) is 5.56 Å². The Morgan fingerprint density at radius 2 is 1.92 bits per heavy atom. The number of aliphatic hydroxyl groups is 1. The number of rotatable bonds is 7. The number of hydrogen-bond donors (Lipinski definition) is 1. The molecular weight excluding hydrogens is 310 g/mol. The van der Waals surface area contributed by atoms with E-state index >= 15 is 0 Å². The van der Waals surface area contributed by atoms with E-state index in [9.17, 15) is 5.11 Å². The fraction of sp³-hybridized carbons (Fsp3) is 0.286. The molecule has 1 atom stereocenters. The van der Waals surface area contributed by atoms with E-state index < -0.39 is 6.10 Å². The summed E-state index contributed by atoms with van der Waals surface area (Å²) in [6.07, 6.45) is 4.08. The highest BCUT2D eigenvalue weighted by atomic mass is 16.3. The highest BCUT2D eigenvalue weighted by molar-refractivity contribution is 5.56. The summed E-state index contributed by atoms with van der Waals surface area (Å²) in [6.45, 7) is 1.68. The van der Waals surface area contributed by atoms with Crippen molar-refractivity contribution in [1.29, 1.82) is 0 Å². The maximum absolute atomic E-state index is 10.3. The molecule has 1 heterocycles. The zero-order chi connectivity index (χ0) is 17.6. The van der Waals surface area contributed by atoms with Crippen molar-refractivity contribution in [3.8, 4) is 11.4 Å². The zero-order valence-electron chi connectivity index (χ0n) is 14.8. The van der Waals surface area contributed by atoms with E-state index in [0.717, 1.165) is 36.5 Å². The molecule has 0 saturated heterocycles. The second-order valence-corrected chi connectivity index (χ2v) is 6.52. The topological polar surface area (TPSA) is 41.3 Å². The maximum Gasteiger partial charge on any atom is 0.139 e. The van der Waals surface area contributed by atoms with Gasteiger partial charge in [0.1, 0.15) is 5.82 Å². The van der Waals surface area contributed by atoms with Gasteiger partial charge in [-0.1, -0.05) is 48.5 Å². The van der Waals surface area contributed by atoms with Crippen LogP contribution in [0.5, 0.6) is 0 Å². The molecule has 4 nitrogen and oxygen atoms in total. The summed E-state index contributed by atoms with van der Waals surface area (Å²) in [4.78, 5) is 6.66. The number of aliphatic hydroxyl groups excluding tert-OH is 1. The van der Waals surface area contributed by atoms with Gasteiger partial charge in [-0.05, 0) is 30.7 Å². The van der Waals surface area contributed by atoms with Gasteiger partial charge in [-0.15, -0.1) is 0 Å². The van der Waals surface area contributed by atoms with Crippen molar-refractivity contribution in [3.05, 3.63) is 78.1 Å². The molecule has 1 unspecified atom stereocenters. The number of aryl methyl sites for hydroxylation is 1. The summed E-state index contributed by atoms with van der Waals surface area (Å²) in [5, 5.41) is 10.3. The third-order valence-corrected chi connectivity index (χ3v) is 4.43. The van der Waals surface area contributed by atoms with Crippen LogP contribution in [0.1, 0.15) is 23.7 Å². The summed E-state index contributed by atoms with van der Waals surface area (Å²) < 4.78 is 2.03. The predicted octanol–water partition coefficient (Wildman–Crippen LogP) is 3.64. The molecule has 4 heteroatoms. The molecule has 0 aliphatic carbocycles. The number of hydrogen-bond acceptors (Lipinski definition) is 3. The standard InChI is InChI=1S/C21H25N3O/c1-23(13-11-20(25)18-8-4-3-5-9-18)16-17-7-6-10-19(15-17)21-22-12-14-24(21)2/h3-10,12,14-15,20,25H,11,13,16H2,1-2H3. The summed E-state index contributed by atoms with van der Waals surface area (Å²) in [6, 6.07) is 18.3. The predicted molar refractivity (Wildman–Crippen MR) is 101 cm³/mol. The molecule has 1 N–H and O–H groups in total. The lowest BCUT2D eigenvalue weighted by molar-refractivity contribution is 0.147. The largest absolute Gasteiger partial charge is 0.388 e. The number of nitrogens with zero attached hydrogens (tertiary/aromatic N) is 3. The molecule has 0 aliphatic rings. The van der Waals surface area contributed by atoms with Crippen LogP contribution in [0.25, 0.3) is 11.4 Å². The Kier molecular flexibility index (Phi) is 5.64. The average Bonchev–Trinajstić information content (AvgIpc) is 3.06. The van der Waals surface area contributed by atoms with Crippen LogP contribution in [0, 0.1) is 0 Å². The minimum Gasteiger partial charge on any atom is -0.388 e.